The Morgan fingerprint density at radius 3 is 2.38 bits per heavy atom. The number of rotatable bonds is 6. The molecule has 1 aromatic heterocycles. The van der Waals surface area contributed by atoms with Crippen LogP contribution in [0.4, 0.5) is 0 Å². The van der Waals surface area contributed by atoms with E-state index in [1.807, 2.05) is 60.7 Å². The average molecular weight is 349 g/mol. The lowest BCUT2D eigenvalue weighted by Gasteiger charge is -2.17. The number of carbonyl (C=O) groups excluding carboxylic acids is 2. The third-order valence-electron chi connectivity index (χ3n) is 3.97. The Balaban J connectivity index is 1.77. The van der Waals surface area contributed by atoms with Gasteiger partial charge in [0.05, 0.1) is 37.0 Å². The highest BCUT2D eigenvalue weighted by molar-refractivity contribution is 5.94. The molecule has 2 aromatic carbocycles. The Morgan fingerprint density at radius 1 is 1.08 bits per heavy atom. The summed E-state index contributed by atoms with van der Waals surface area (Å²) in [5, 5.41) is 7.12. The Labute approximate surface area is 151 Å². The number of amides is 1. The predicted molar refractivity (Wildman–Crippen MR) is 96.8 cm³/mol. The molecule has 1 atom stereocenters. The molecule has 26 heavy (non-hydrogen) atoms. The second-order valence-corrected chi connectivity index (χ2v) is 5.73. The van der Waals surface area contributed by atoms with E-state index < -0.39 is 6.04 Å². The van der Waals surface area contributed by atoms with Gasteiger partial charge in [-0.3, -0.25) is 9.59 Å². The fraction of sp³-hybridized carbons (Fsp3) is 0.150. The Morgan fingerprint density at radius 2 is 1.73 bits per heavy atom. The summed E-state index contributed by atoms with van der Waals surface area (Å²) in [7, 11) is 1.33. The van der Waals surface area contributed by atoms with E-state index in [-0.39, 0.29) is 18.3 Å². The first-order valence-electron chi connectivity index (χ1n) is 8.20. The first-order chi connectivity index (χ1) is 12.7. The number of para-hydroxylation sites is 1. The summed E-state index contributed by atoms with van der Waals surface area (Å²) in [6.45, 7) is 0. The molecular weight excluding hydrogens is 330 g/mol. The normalized spacial score (nSPS) is 11.6. The number of nitrogens with one attached hydrogen (secondary N) is 1. The number of hydrogen-bond acceptors (Lipinski definition) is 4. The molecule has 0 saturated carbocycles. The molecule has 0 aliphatic rings. The molecule has 0 bridgehead atoms. The van der Waals surface area contributed by atoms with Crippen LogP contribution in [0.1, 0.15) is 28.4 Å². The minimum atomic E-state index is -0.476. The highest BCUT2D eigenvalue weighted by Crippen LogP contribution is 2.18. The molecule has 132 valence electrons. The van der Waals surface area contributed by atoms with Gasteiger partial charge in [-0.25, -0.2) is 4.68 Å². The lowest BCUT2D eigenvalue weighted by molar-refractivity contribution is -0.141. The first-order valence-corrected chi connectivity index (χ1v) is 8.20. The third kappa shape index (κ3) is 4.16. The predicted octanol–water partition coefficient (Wildman–Crippen LogP) is 2.91. The van der Waals surface area contributed by atoms with Crippen molar-refractivity contribution in [3.8, 4) is 5.69 Å². The van der Waals surface area contributed by atoms with Gasteiger partial charge >= 0.3 is 5.97 Å². The molecule has 0 spiro atoms. The van der Waals surface area contributed by atoms with E-state index in [0.717, 1.165) is 11.3 Å². The Hall–Kier alpha value is -3.41. The molecule has 0 radical (unpaired) electrons. The fourth-order valence-corrected chi connectivity index (χ4v) is 2.59. The van der Waals surface area contributed by atoms with Gasteiger partial charge in [0, 0.05) is 6.20 Å². The average Bonchev–Trinajstić information content (AvgIpc) is 3.19. The van der Waals surface area contributed by atoms with E-state index >= 15 is 0 Å². The van der Waals surface area contributed by atoms with Crippen LogP contribution >= 0.6 is 0 Å². The number of ether oxygens (including phenoxy) is 1. The van der Waals surface area contributed by atoms with Crippen molar-refractivity contribution >= 4 is 11.9 Å². The van der Waals surface area contributed by atoms with E-state index in [0.29, 0.717) is 5.56 Å². The van der Waals surface area contributed by atoms with Crippen LogP contribution in [-0.2, 0) is 9.53 Å². The number of carbonyl (C=O) groups is 2. The van der Waals surface area contributed by atoms with Crippen molar-refractivity contribution < 1.29 is 14.3 Å². The maximum Gasteiger partial charge on any atom is 0.307 e. The number of methoxy groups -OCH3 is 1. The van der Waals surface area contributed by atoms with Crippen LogP contribution in [-0.4, -0.2) is 28.8 Å². The van der Waals surface area contributed by atoms with Crippen molar-refractivity contribution in [2.24, 2.45) is 0 Å². The molecule has 0 aliphatic heterocycles. The molecule has 0 fully saturated rings. The number of benzene rings is 2. The Kier molecular flexibility index (Phi) is 5.43. The largest absolute Gasteiger partial charge is 0.469 e. The number of esters is 1. The molecule has 6 heteroatoms. The molecule has 3 aromatic rings. The first kappa shape index (κ1) is 17.4. The summed E-state index contributed by atoms with van der Waals surface area (Å²) >= 11 is 0. The van der Waals surface area contributed by atoms with Crippen LogP contribution in [0, 0.1) is 0 Å². The summed E-state index contributed by atoms with van der Waals surface area (Å²) in [6.07, 6.45) is 3.21. The summed E-state index contributed by atoms with van der Waals surface area (Å²) in [5.41, 5.74) is 2.11. The zero-order chi connectivity index (χ0) is 18.4. The minimum Gasteiger partial charge on any atom is -0.469 e. The van der Waals surface area contributed by atoms with E-state index in [4.69, 9.17) is 4.74 Å². The van der Waals surface area contributed by atoms with Gasteiger partial charge in [-0.15, -0.1) is 0 Å². The van der Waals surface area contributed by atoms with Crippen LogP contribution in [0.2, 0.25) is 0 Å². The monoisotopic (exact) mass is 349 g/mol. The van der Waals surface area contributed by atoms with Crippen LogP contribution in [0.15, 0.2) is 73.1 Å². The zero-order valence-electron chi connectivity index (χ0n) is 14.3. The van der Waals surface area contributed by atoms with Crippen molar-refractivity contribution in [3.05, 3.63) is 84.2 Å². The quantitative estimate of drug-likeness (QED) is 0.695. The van der Waals surface area contributed by atoms with Crippen molar-refractivity contribution in [1.29, 1.82) is 0 Å². The van der Waals surface area contributed by atoms with Gasteiger partial charge < -0.3 is 10.1 Å². The third-order valence-corrected chi connectivity index (χ3v) is 3.97. The maximum atomic E-state index is 12.6. The second-order valence-electron chi connectivity index (χ2n) is 5.73. The van der Waals surface area contributed by atoms with Crippen molar-refractivity contribution in [2.75, 3.05) is 7.11 Å². The molecule has 0 saturated heterocycles. The van der Waals surface area contributed by atoms with Crippen LogP contribution in [0.3, 0.4) is 0 Å². The molecule has 1 N–H and O–H groups in total. The molecular formula is C20H19N3O3. The van der Waals surface area contributed by atoms with Gasteiger partial charge in [0.2, 0.25) is 0 Å². The van der Waals surface area contributed by atoms with Gasteiger partial charge in [0.1, 0.15) is 0 Å². The summed E-state index contributed by atoms with van der Waals surface area (Å²) in [5.74, 6) is -0.691. The second kappa shape index (κ2) is 8.11. The summed E-state index contributed by atoms with van der Waals surface area (Å²) < 4.78 is 6.38. The van der Waals surface area contributed by atoms with Gasteiger partial charge in [-0.05, 0) is 17.7 Å². The van der Waals surface area contributed by atoms with Gasteiger partial charge in [0.15, 0.2) is 0 Å². The van der Waals surface area contributed by atoms with Crippen LogP contribution in [0.5, 0.6) is 0 Å². The van der Waals surface area contributed by atoms with E-state index in [9.17, 15) is 9.59 Å². The topological polar surface area (TPSA) is 73.2 Å². The van der Waals surface area contributed by atoms with E-state index in [1.54, 1.807) is 10.9 Å². The minimum absolute atomic E-state index is 0.0546. The summed E-state index contributed by atoms with van der Waals surface area (Å²) in [6, 6.07) is 18.4. The lowest BCUT2D eigenvalue weighted by atomic mass is 10.0. The Bertz CT molecular complexity index is 876. The summed E-state index contributed by atoms with van der Waals surface area (Å²) in [4.78, 5) is 24.3. The van der Waals surface area contributed by atoms with Crippen LogP contribution in [0.25, 0.3) is 5.69 Å². The number of hydrogen-bond donors (Lipinski definition) is 1. The molecule has 1 heterocycles. The standard InChI is InChI=1S/C20H19N3O3/c1-26-19(24)12-18(15-8-4-2-5-9-15)22-20(25)16-13-21-23(14-16)17-10-6-3-7-11-17/h2-11,13-14,18H,12H2,1H3,(H,22,25). The molecule has 1 amide bonds. The SMILES string of the molecule is COC(=O)CC(NC(=O)c1cnn(-c2ccccc2)c1)c1ccccc1. The van der Waals surface area contributed by atoms with Crippen molar-refractivity contribution in [2.45, 2.75) is 12.5 Å². The van der Waals surface area contributed by atoms with Crippen LogP contribution < -0.4 is 5.32 Å². The number of nitrogens with zero attached hydrogens (tertiary/aromatic N) is 2. The van der Waals surface area contributed by atoms with E-state index in [2.05, 4.69) is 10.4 Å². The number of aromatic nitrogens is 2. The molecule has 0 aliphatic carbocycles. The van der Waals surface area contributed by atoms with Crippen molar-refractivity contribution in [3.63, 3.8) is 0 Å². The van der Waals surface area contributed by atoms with Gasteiger partial charge in [0.25, 0.3) is 5.91 Å². The van der Waals surface area contributed by atoms with Gasteiger partial charge in [-0.2, -0.15) is 5.10 Å². The smallest absolute Gasteiger partial charge is 0.307 e. The van der Waals surface area contributed by atoms with Gasteiger partial charge in [-0.1, -0.05) is 48.5 Å². The maximum absolute atomic E-state index is 12.6. The fourth-order valence-electron chi connectivity index (χ4n) is 2.59. The molecule has 3 rings (SSSR count). The highest BCUT2D eigenvalue weighted by atomic mass is 16.5. The van der Waals surface area contributed by atoms with Crippen molar-refractivity contribution in [1.82, 2.24) is 15.1 Å². The molecule has 1 unspecified atom stereocenters. The van der Waals surface area contributed by atoms with E-state index in [1.165, 1.54) is 13.3 Å². The highest BCUT2D eigenvalue weighted by Gasteiger charge is 2.20. The molecule has 6 nitrogen and oxygen atoms in total. The lowest BCUT2D eigenvalue weighted by Crippen LogP contribution is -2.30. The zero-order valence-corrected chi connectivity index (χ0v) is 14.3.